The quantitative estimate of drug-likeness (QED) is 0.548. The highest BCUT2D eigenvalue weighted by Gasteiger charge is 2.61. The summed E-state index contributed by atoms with van der Waals surface area (Å²) in [5.41, 5.74) is 1.60. The van der Waals surface area contributed by atoms with Crippen molar-refractivity contribution in [1.82, 2.24) is 0 Å². The molecule has 0 heterocycles. The van der Waals surface area contributed by atoms with Crippen molar-refractivity contribution < 1.29 is 36.5 Å². The summed E-state index contributed by atoms with van der Waals surface area (Å²) in [6.45, 7) is 3.27. The minimum atomic E-state index is -5.90. The van der Waals surface area contributed by atoms with E-state index in [9.17, 15) is 27.1 Å². The predicted molar refractivity (Wildman–Crippen MR) is 88.9 cm³/mol. The summed E-state index contributed by atoms with van der Waals surface area (Å²) in [6, 6.07) is 9.65. The second-order valence-corrected chi connectivity index (χ2v) is 6.02. The van der Waals surface area contributed by atoms with Gasteiger partial charge in [0.25, 0.3) is 0 Å². The lowest BCUT2D eigenvalue weighted by atomic mass is 10.0. The second-order valence-electron chi connectivity index (χ2n) is 6.02. The molecule has 1 atom stereocenters. The number of nitriles is 1. The van der Waals surface area contributed by atoms with Gasteiger partial charge in [0.1, 0.15) is 18.1 Å². The molecule has 1 N–H and O–H groups in total. The molecule has 9 heteroatoms. The zero-order valence-electron chi connectivity index (χ0n) is 14.8. The van der Waals surface area contributed by atoms with E-state index >= 15 is 0 Å². The monoisotopic (exact) mass is 401 g/mol. The van der Waals surface area contributed by atoms with Crippen molar-refractivity contribution >= 4 is 0 Å². The molecule has 28 heavy (non-hydrogen) atoms. The fourth-order valence-electron chi connectivity index (χ4n) is 2.49. The first-order valence-electron chi connectivity index (χ1n) is 7.99. The van der Waals surface area contributed by atoms with E-state index in [1.54, 1.807) is 38.1 Å². The Balaban J connectivity index is 2.36. The summed E-state index contributed by atoms with van der Waals surface area (Å²) in [7, 11) is 0. The second kappa shape index (κ2) is 8.02. The molecule has 0 aliphatic heterocycles. The Bertz CT molecular complexity index is 870. The van der Waals surface area contributed by atoms with Gasteiger partial charge in [-0.15, -0.1) is 0 Å². The zero-order chi connectivity index (χ0) is 21.1. The molecular formula is C19H16F5NO3. The molecule has 150 valence electrons. The van der Waals surface area contributed by atoms with Gasteiger partial charge in [0.2, 0.25) is 0 Å². The molecule has 1 unspecified atom stereocenters. The minimum Gasteiger partial charge on any atom is -0.488 e. The molecule has 0 radical (unpaired) electrons. The van der Waals surface area contributed by atoms with Crippen molar-refractivity contribution in [3.05, 3.63) is 58.7 Å². The van der Waals surface area contributed by atoms with Crippen LogP contribution < -0.4 is 9.47 Å². The number of aliphatic hydroxyl groups excluding tert-OH is 1. The Morgan fingerprint density at radius 2 is 1.68 bits per heavy atom. The number of ether oxygens (including phenoxy) is 2. The van der Waals surface area contributed by atoms with Crippen LogP contribution in [0.3, 0.4) is 0 Å². The van der Waals surface area contributed by atoms with Gasteiger partial charge in [-0.05, 0) is 42.7 Å². The van der Waals surface area contributed by atoms with E-state index in [0.717, 1.165) is 29.3 Å². The van der Waals surface area contributed by atoms with Crippen LogP contribution >= 0.6 is 0 Å². The Hall–Kier alpha value is -2.86. The van der Waals surface area contributed by atoms with E-state index in [0.29, 0.717) is 5.75 Å². The van der Waals surface area contributed by atoms with Crippen LogP contribution in [0.2, 0.25) is 0 Å². The van der Waals surface area contributed by atoms with Gasteiger partial charge in [-0.1, -0.05) is 24.3 Å². The molecule has 0 saturated heterocycles. The van der Waals surface area contributed by atoms with Crippen molar-refractivity contribution in [2.45, 2.75) is 38.8 Å². The Labute approximate surface area is 157 Å². The Morgan fingerprint density at radius 1 is 1.07 bits per heavy atom. The van der Waals surface area contributed by atoms with Crippen LogP contribution in [0.15, 0.2) is 36.4 Å². The largest absolute Gasteiger partial charge is 0.499 e. The summed E-state index contributed by atoms with van der Waals surface area (Å²) in [5.74, 6) is -0.289. The number of hydrogen-bond acceptors (Lipinski definition) is 4. The average Bonchev–Trinajstić information content (AvgIpc) is 2.59. The number of aryl methyl sites for hydroxylation is 2. The topological polar surface area (TPSA) is 62.5 Å². The van der Waals surface area contributed by atoms with Crippen LogP contribution in [-0.2, 0) is 6.61 Å². The number of benzene rings is 2. The molecule has 0 spiro atoms. The maximum Gasteiger partial charge on any atom is 0.499 e. The van der Waals surface area contributed by atoms with E-state index in [2.05, 4.69) is 4.74 Å². The Morgan fingerprint density at radius 3 is 2.21 bits per heavy atom. The van der Waals surface area contributed by atoms with E-state index in [1.165, 1.54) is 0 Å². The van der Waals surface area contributed by atoms with Gasteiger partial charge in [-0.25, -0.2) is 0 Å². The summed E-state index contributed by atoms with van der Waals surface area (Å²) < 4.78 is 72.8. The van der Waals surface area contributed by atoms with E-state index in [4.69, 9.17) is 10.00 Å². The number of halogens is 5. The lowest BCUT2D eigenvalue weighted by Crippen LogP contribution is -2.41. The molecule has 0 amide bonds. The molecule has 2 aromatic carbocycles. The maximum atomic E-state index is 13.1. The van der Waals surface area contributed by atoms with Crippen LogP contribution in [0.5, 0.6) is 11.5 Å². The van der Waals surface area contributed by atoms with Crippen molar-refractivity contribution in [2.24, 2.45) is 0 Å². The molecule has 2 rings (SSSR count). The first-order valence-corrected chi connectivity index (χ1v) is 7.99. The Kier molecular flexibility index (Phi) is 6.14. The number of hydrogen-bond donors (Lipinski definition) is 1. The first-order chi connectivity index (χ1) is 13.0. The fourth-order valence-corrected chi connectivity index (χ4v) is 2.49. The van der Waals surface area contributed by atoms with Gasteiger partial charge >= 0.3 is 12.3 Å². The van der Waals surface area contributed by atoms with Crippen molar-refractivity contribution in [1.29, 1.82) is 5.26 Å². The van der Waals surface area contributed by atoms with E-state index in [-0.39, 0.29) is 17.7 Å². The summed E-state index contributed by atoms with van der Waals surface area (Å²) >= 11 is 0. The standard InChI is InChI=1S/C19H16F5NO3/c1-11-4-3-5-12(2)17(11)27-10-13-8-14(6-7-15(13)16(26)9-25)28-19(23,24)18(20,21)22/h3-8,16,26H,10H2,1-2H3. The summed E-state index contributed by atoms with van der Waals surface area (Å²) in [6.07, 6.45) is -12.9. The summed E-state index contributed by atoms with van der Waals surface area (Å²) in [4.78, 5) is 0. The maximum absolute atomic E-state index is 13.1. The molecule has 0 aliphatic carbocycles. The molecule has 0 aromatic heterocycles. The number of alkyl halides is 5. The molecule has 2 aromatic rings. The van der Waals surface area contributed by atoms with Gasteiger partial charge < -0.3 is 14.6 Å². The van der Waals surface area contributed by atoms with Crippen molar-refractivity contribution in [2.75, 3.05) is 0 Å². The first kappa shape index (κ1) is 21.4. The van der Waals surface area contributed by atoms with E-state index < -0.39 is 24.1 Å². The molecule has 4 nitrogen and oxygen atoms in total. The number of aliphatic hydroxyl groups is 1. The van der Waals surface area contributed by atoms with Gasteiger partial charge in [0.15, 0.2) is 6.10 Å². The highest BCUT2D eigenvalue weighted by Crippen LogP contribution is 2.38. The highest BCUT2D eigenvalue weighted by atomic mass is 19.4. The minimum absolute atomic E-state index is 0.0106. The molecular weight excluding hydrogens is 385 g/mol. The van der Waals surface area contributed by atoms with Crippen LogP contribution in [-0.4, -0.2) is 17.4 Å². The highest BCUT2D eigenvalue weighted by molar-refractivity contribution is 5.42. The molecule has 0 aliphatic rings. The van der Waals surface area contributed by atoms with Crippen LogP contribution in [0.1, 0.15) is 28.4 Å². The lowest BCUT2D eigenvalue weighted by Gasteiger charge is -2.21. The van der Waals surface area contributed by atoms with Crippen LogP contribution in [0.25, 0.3) is 0 Å². The smallest absolute Gasteiger partial charge is 0.488 e. The zero-order valence-corrected chi connectivity index (χ0v) is 14.8. The normalized spacial score (nSPS) is 13.0. The third kappa shape index (κ3) is 4.70. The van der Waals surface area contributed by atoms with Crippen LogP contribution in [0, 0.1) is 25.2 Å². The average molecular weight is 401 g/mol. The number of nitrogens with zero attached hydrogens (tertiary/aromatic N) is 1. The fraction of sp³-hybridized carbons (Fsp3) is 0.316. The summed E-state index contributed by atoms with van der Waals surface area (Å²) in [5, 5.41) is 18.7. The molecule has 0 fully saturated rings. The number of rotatable bonds is 6. The van der Waals surface area contributed by atoms with Crippen molar-refractivity contribution in [3.8, 4) is 17.6 Å². The predicted octanol–water partition coefficient (Wildman–Crippen LogP) is 4.97. The van der Waals surface area contributed by atoms with E-state index in [1.807, 2.05) is 0 Å². The third-order valence-electron chi connectivity index (χ3n) is 3.89. The van der Waals surface area contributed by atoms with Gasteiger partial charge in [0.05, 0.1) is 6.07 Å². The SMILES string of the molecule is Cc1cccc(C)c1OCc1cc(OC(F)(F)C(F)(F)F)ccc1C(O)C#N. The molecule has 0 bridgehead atoms. The molecule has 0 saturated carbocycles. The van der Waals surface area contributed by atoms with Crippen molar-refractivity contribution in [3.63, 3.8) is 0 Å². The third-order valence-corrected chi connectivity index (χ3v) is 3.89. The van der Waals surface area contributed by atoms with Crippen LogP contribution in [0.4, 0.5) is 22.0 Å². The number of para-hydroxylation sites is 1. The van der Waals surface area contributed by atoms with Gasteiger partial charge in [-0.3, -0.25) is 0 Å². The van der Waals surface area contributed by atoms with Gasteiger partial charge in [0, 0.05) is 5.56 Å². The lowest BCUT2D eigenvalue weighted by molar-refractivity contribution is -0.360. The van der Waals surface area contributed by atoms with Gasteiger partial charge in [-0.2, -0.15) is 27.2 Å².